The summed E-state index contributed by atoms with van der Waals surface area (Å²) in [6.45, 7) is 0.253. The first-order valence-electron chi connectivity index (χ1n) is 10.2. The number of hydrogen-bond acceptors (Lipinski definition) is 3. The van der Waals surface area contributed by atoms with E-state index in [-0.39, 0.29) is 18.3 Å². The van der Waals surface area contributed by atoms with Crippen LogP contribution < -0.4 is 5.32 Å². The maximum absolute atomic E-state index is 12.5. The van der Waals surface area contributed by atoms with E-state index >= 15 is 0 Å². The Labute approximate surface area is 180 Å². The molecule has 152 valence electrons. The molecule has 0 fully saturated rings. The van der Waals surface area contributed by atoms with Gasteiger partial charge < -0.3 is 9.84 Å². The zero-order valence-electron chi connectivity index (χ0n) is 16.8. The van der Waals surface area contributed by atoms with Crippen LogP contribution in [-0.2, 0) is 4.74 Å². The molecule has 0 radical (unpaired) electrons. The smallest absolute Gasteiger partial charge is 0.411 e. The Morgan fingerprint density at radius 1 is 0.774 bits per heavy atom. The number of anilines is 1. The molecule has 0 saturated carbocycles. The van der Waals surface area contributed by atoms with Crippen molar-refractivity contribution in [3.63, 3.8) is 0 Å². The van der Waals surface area contributed by atoms with Gasteiger partial charge in [-0.1, -0.05) is 78.9 Å². The third-order valence-electron chi connectivity index (χ3n) is 5.67. The summed E-state index contributed by atoms with van der Waals surface area (Å²) >= 11 is 0. The lowest BCUT2D eigenvalue weighted by Gasteiger charge is -2.15. The van der Waals surface area contributed by atoms with Crippen molar-refractivity contribution >= 4 is 11.8 Å². The average molecular weight is 407 g/mol. The van der Waals surface area contributed by atoms with E-state index in [0.29, 0.717) is 11.3 Å². The Bertz CT molecular complexity index is 1200. The van der Waals surface area contributed by atoms with Crippen molar-refractivity contribution in [1.82, 2.24) is 0 Å². The number of amides is 1. The molecule has 4 aromatic carbocycles. The SMILES string of the molecule is O=C(Nc1ccc(O)c(-c2ccccc2)c1)OCC1c2ccccc2-c2ccccc21. The van der Waals surface area contributed by atoms with E-state index in [9.17, 15) is 9.90 Å². The fourth-order valence-corrected chi connectivity index (χ4v) is 4.22. The van der Waals surface area contributed by atoms with Crippen molar-refractivity contribution in [3.8, 4) is 28.0 Å². The maximum Gasteiger partial charge on any atom is 0.411 e. The van der Waals surface area contributed by atoms with E-state index in [1.165, 1.54) is 22.3 Å². The molecule has 0 unspecified atom stereocenters. The Balaban J connectivity index is 1.31. The highest BCUT2D eigenvalue weighted by molar-refractivity contribution is 5.87. The van der Waals surface area contributed by atoms with Gasteiger partial charge in [0.25, 0.3) is 0 Å². The third kappa shape index (κ3) is 3.64. The summed E-state index contributed by atoms with van der Waals surface area (Å²) in [5, 5.41) is 13.0. The Kier molecular flexibility index (Phi) is 4.89. The largest absolute Gasteiger partial charge is 0.507 e. The van der Waals surface area contributed by atoms with Crippen LogP contribution in [0.3, 0.4) is 0 Å². The molecule has 0 aliphatic heterocycles. The minimum Gasteiger partial charge on any atom is -0.507 e. The van der Waals surface area contributed by atoms with Crippen LogP contribution in [0.4, 0.5) is 10.5 Å². The van der Waals surface area contributed by atoms with Crippen molar-refractivity contribution in [2.75, 3.05) is 11.9 Å². The predicted molar refractivity (Wildman–Crippen MR) is 122 cm³/mol. The van der Waals surface area contributed by atoms with Crippen LogP contribution in [0.15, 0.2) is 97.1 Å². The zero-order valence-corrected chi connectivity index (χ0v) is 16.8. The van der Waals surface area contributed by atoms with Crippen LogP contribution in [0.25, 0.3) is 22.3 Å². The van der Waals surface area contributed by atoms with Gasteiger partial charge in [-0.2, -0.15) is 0 Å². The highest BCUT2D eigenvalue weighted by Gasteiger charge is 2.29. The Hall–Kier alpha value is -4.05. The van der Waals surface area contributed by atoms with Crippen LogP contribution in [-0.4, -0.2) is 17.8 Å². The van der Waals surface area contributed by atoms with E-state index in [0.717, 1.165) is 5.56 Å². The van der Waals surface area contributed by atoms with Gasteiger partial charge in [-0.25, -0.2) is 4.79 Å². The molecule has 0 bridgehead atoms. The van der Waals surface area contributed by atoms with Gasteiger partial charge in [0.15, 0.2) is 0 Å². The summed E-state index contributed by atoms with van der Waals surface area (Å²) in [4.78, 5) is 12.5. The van der Waals surface area contributed by atoms with Gasteiger partial charge in [-0.05, 0) is 46.0 Å². The number of aromatic hydroxyl groups is 1. The van der Waals surface area contributed by atoms with Gasteiger partial charge in [0.2, 0.25) is 0 Å². The number of carbonyl (C=O) groups excluding carboxylic acids is 1. The fourth-order valence-electron chi connectivity index (χ4n) is 4.22. The second-order valence-electron chi connectivity index (χ2n) is 7.55. The lowest BCUT2D eigenvalue weighted by atomic mass is 9.98. The second-order valence-corrected chi connectivity index (χ2v) is 7.55. The summed E-state index contributed by atoms with van der Waals surface area (Å²) in [5.74, 6) is 0.169. The number of hydrogen-bond donors (Lipinski definition) is 2. The maximum atomic E-state index is 12.5. The quantitative estimate of drug-likeness (QED) is 0.384. The molecular weight excluding hydrogens is 386 g/mol. The monoisotopic (exact) mass is 407 g/mol. The van der Waals surface area contributed by atoms with Crippen LogP contribution in [0, 0.1) is 0 Å². The van der Waals surface area contributed by atoms with Crippen LogP contribution >= 0.6 is 0 Å². The lowest BCUT2D eigenvalue weighted by Crippen LogP contribution is -2.17. The Morgan fingerprint density at radius 2 is 1.39 bits per heavy atom. The predicted octanol–water partition coefficient (Wildman–Crippen LogP) is 6.42. The van der Waals surface area contributed by atoms with Crippen molar-refractivity contribution in [3.05, 3.63) is 108 Å². The van der Waals surface area contributed by atoms with E-state index in [4.69, 9.17) is 4.74 Å². The van der Waals surface area contributed by atoms with Crippen LogP contribution in [0.1, 0.15) is 17.0 Å². The number of phenolic OH excluding ortho intramolecular Hbond substituents is 1. The second kappa shape index (κ2) is 8.00. The molecule has 0 atom stereocenters. The molecule has 1 amide bonds. The fraction of sp³-hybridized carbons (Fsp3) is 0.0741. The van der Waals surface area contributed by atoms with E-state index in [1.54, 1.807) is 18.2 Å². The van der Waals surface area contributed by atoms with Crippen LogP contribution in [0.5, 0.6) is 5.75 Å². The minimum absolute atomic E-state index is 0.0119. The third-order valence-corrected chi connectivity index (χ3v) is 5.67. The van der Waals surface area contributed by atoms with Gasteiger partial charge in [0.1, 0.15) is 12.4 Å². The molecule has 0 heterocycles. The number of phenols is 1. The molecule has 0 aromatic heterocycles. The molecule has 4 aromatic rings. The van der Waals surface area contributed by atoms with Crippen molar-refractivity contribution in [2.24, 2.45) is 0 Å². The number of carbonyl (C=O) groups is 1. The first-order chi connectivity index (χ1) is 15.2. The highest BCUT2D eigenvalue weighted by Crippen LogP contribution is 2.44. The van der Waals surface area contributed by atoms with Crippen molar-refractivity contribution in [1.29, 1.82) is 0 Å². The molecule has 2 N–H and O–H groups in total. The summed E-state index contributed by atoms with van der Waals surface area (Å²) < 4.78 is 5.61. The van der Waals surface area contributed by atoms with Gasteiger partial charge >= 0.3 is 6.09 Å². The zero-order chi connectivity index (χ0) is 21.2. The minimum atomic E-state index is -0.522. The number of nitrogens with one attached hydrogen (secondary N) is 1. The summed E-state index contributed by atoms with van der Waals surface area (Å²) in [6, 6.07) is 31.0. The summed E-state index contributed by atoms with van der Waals surface area (Å²) in [5.41, 5.74) is 6.82. The standard InChI is InChI=1S/C27H21NO3/c29-26-15-14-19(16-24(26)18-8-2-1-3-9-18)28-27(30)31-17-25-22-12-6-4-10-20(22)21-11-5-7-13-23(21)25/h1-16,25,29H,17H2,(H,28,30). The molecule has 0 saturated heterocycles. The summed E-state index contributed by atoms with van der Waals surface area (Å²) in [7, 11) is 0. The molecule has 5 rings (SSSR count). The van der Waals surface area contributed by atoms with Gasteiger partial charge in [-0.3, -0.25) is 5.32 Å². The lowest BCUT2D eigenvalue weighted by molar-refractivity contribution is 0.158. The number of benzene rings is 4. The normalized spacial score (nSPS) is 12.1. The number of ether oxygens (including phenoxy) is 1. The molecule has 4 heteroatoms. The van der Waals surface area contributed by atoms with Crippen molar-refractivity contribution < 1.29 is 14.6 Å². The molecule has 1 aliphatic rings. The van der Waals surface area contributed by atoms with E-state index in [2.05, 4.69) is 29.6 Å². The van der Waals surface area contributed by atoms with Gasteiger partial charge in [0.05, 0.1) is 0 Å². The van der Waals surface area contributed by atoms with Crippen LogP contribution in [0.2, 0.25) is 0 Å². The molecule has 0 spiro atoms. The molecule has 31 heavy (non-hydrogen) atoms. The molecule has 4 nitrogen and oxygen atoms in total. The summed E-state index contributed by atoms with van der Waals surface area (Å²) in [6.07, 6.45) is -0.522. The topological polar surface area (TPSA) is 58.6 Å². The first kappa shape index (κ1) is 18.9. The number of fused-ring (bicyclic) bond motifs is 3. The average Bonchev–Trinajstić information content (AvgIpc) is 3.13. The van der Waals surface area contributed by atoms with E-state index in [1.807, 2.05) is 54.6 Å². The molecule has 1 aliphatic carbocycles. The van der Waals surface area contributed by atoms with Gasteiger partial charge in [-0.15, -0.1) is 0 Å². The molecular formula is C27H21NO3. The number of rotatable bonds is 4. The van der Waals surface area contributed by atoms with E-state index < -0.39 is 6.09 Å². The van der Waals surface area contributed by atoms with Crippen molar-refractivity contribution in [2.45, 2.75) is 5.92 Å². The Morgan fingerprint density at radius 3 is 2.06 bits per heavy atom. The van der Waals surface area contributed by atoms with Gasteiger partial charge in [0, 0.05) is 17.2 Å². The first-order valence-corrected chi connectivity index (χ1v) is 10.2. The highest BCUT2D eigenvalue weighted by atomic mass is 16.5.